The Labute approximate surface area is 130 Å². The van der Waals surface area contributed by atoms with E-state index in [4.69, 9.17) is 14.0 Å². The lowest BCUT2D eigenvalue weighted by molar-refractivity contribution is 0.172. The molecular formula is C16H21N3O3. The Morgan fingerprint density at radius 3 is 2.91 bits per heavy atom. The van der Waals surface area contributed by atoms with Crippen molar-refractivity contribution in [1.82, 2.24) is 15.0 Å². The van der Waals surface area contributed by atoms with Crippen molar-refractivity contribution in [1.29, 1.82) is 0 Å². The van der Waals surface area contributed by atoms with E-state index < -0.39 is 0 Å². The highest BCUT2D eigenvalue weighted by molar-refractivity contribution is 5.48. The maximum Gasteiger partial charge on any atom is 0.231 e. The van der Waals surface area contributed by atoms with Crippen LogP contribution in [0.1, 0.15) is 31.1 Å². The first-order chi connectivity index (χ1) is 10.6. The molecule has 6 heteroatoms. The Balaban J connectivity index is 1.62. The molecular weight excluding hydrogens is 282 g/mol. The molecule has 2 aromatic rings. The van der Waals surface area contributed by atoms with Gasteiger partial charge in [-0.25, -0.2) is 0 Å². The van der Waals surface area contributed by atoms with E-state index in [0.717, 1.165) is 30.0 Å². The summed E-state index contributed by atoms with van der Waals surface area (Å²) in [5, 5.41) is 4.04. The number of hydrogen-bond acceptors (Lipinski definition) is 6. The van der Waals surface area contributed by atoms with Crippen LogP contribution in [-0.4, -0.2) is 28.9 Å². The maximum absolute atomic E-state index is 5.53. The van der Waals surface area contributed by atoms with Crippen molar-refractivity contribution in [3.63, 3.8) is 0 Å². The fourth-order valence-corrected chi connectivity index (χ4v) is 2.49. The van der Waals surface area contributed by atoms with Crippen molar-refractivity contribution in [3.8, 4) is 11.5 Å². The number of fused-ring (bicyclic) bond motifs is 1. The number of hydrogen-bond donors (Lipinski definition) is 0. The van der Waals surface area contributed by atoms with Crippen molar-refractivity contribution in [2.45, 2.75) is 33.4 Å². The van der Waals surface area contributed by atoms with E-state index in [1.165, 1.54) is 0 Å². The molecule has 0 aliphatic carbocycles. The molecule has 0 amide bonds. The van der Waals surface area contributed by atoms with Gasteiger partial charge in [-0.1, -0.05) is 31.1 Å². The van der Waals surface area contributed by atoms with Crippen LogP contribution in [-0.2, 0) is 19.5 Å². The summed E-state index contributed by atoms with van der Waals surface area (Å²) in [6.07, 6.45) is 0.814. The summed E-state index contributed by atoms with van der Waals surface area (Å²) >= 11 is 0. The molecule has 118 valence electrons. The van der Waals surface area contributed by atoms with Gasteiger partial charge < -0.3 is 14.0 Å². The molecule has 2 heterocycles. The molecule has 3 rings (SSSR count). The summed E-state index contributed by atoms with van der Waals surface area (Å²) in [7, 11) is 2.02. The van der Waals surface area contributed by atoms with E-state index in [-0.39, 0.29) is 0 Å². The van der Waals surface area contributed by atoms with Crippen LogP contribution in [0.2, 0.25) is 0 Å². The lowest BCUT2D eigenvalue weighted by Gasteiger charge is -2.15. The first-order valence-corrected chi connectivity index (χ1v) is 7.49. The number of benzene rings is 1. The van der Waals surface area contributed by atoms with Crippen molar-refractivity contribution in [2.24, 2.45) is 5.92 Å². The van der Waals surface area contributed by atoms with Crippen LogP contribution in [0.15, 0.2) is 22.7 Å². The second-order valence-electron chi connectivity index (χ2n) is 6.03. The summed E-state index contributed by atoms with van der Waals surface area (Å²) in [5.41, 5.74) is 1.10. The third kappa shape index (κ3) is 3.39. The molecule has 0 radical (unpaired) electrons. The van der Waals surface area contributed by atoms with Crippen LogP contribution in [0.4, 0.5) is 0 Å². The van der Waals surface area contributed by atoms with E-state index >= 15 is 0 Å². The zero-order valence-electron chi connectivity index (χ0n) is 13.2. The quantitative estimate of drug-likeness (QED) is 0.817. The van der Waals surface area contributed by atoms with Gasteiger partial charge in [0.25, 0.3) is 0 Å². The molecule has 1 aliphatic heterocycles. The summed E-state index contributed by atoms with van der Waals surface area (Å²) in [6.45, 7) is 5.92. The van der Waals surface area contributed by atoms with Gasteiger partial charge in [0.2, 0.25) is 12.7 Å². The molecule has 6 nitrogen and oxygen atoms in total. The van der Waals surface area contributed by atoms with Crippen LogP contribution in [0.5, 0.6) is 11.5 Å². The van der Waals surface area contributed by atoms with Gasteiger partial charge in [-0.05, 0) is 19.0 Å². The average molecular weight is 303 g/mol. The van der Waals surface area contributed by atoms with Crippen molar-refractivity contribution in [3.05, 3.63) is 35.5 Å². The number of rotatable bonds is 6. The van der Waals surface area contributed by atoms with Crippen LogP contribution in [0.3, 0.4) is 0 Å². The van der Waals surface area contributed by atoms with Gasteiger partial charge in [0.15, 0.2) is 17.3 Å². The molecule has 0 saturated carbocycles. The molecule has 0 N–H and O–H groups in total. The number of aromatic nitrogens is 2. The van der Waals surface area contributed by atoms with Gasteiger partial charge in [-0.15, -0.1) is 0 Å². The van der Waals surface area contributed by atoms with Crippen LogP contribution in [0.25, 0.3) is 0 Å². The third-order valence-electron chi connectivity index (χ3n) is 3.42. The zero-order valence-corrected chi connectivity index (χ0v) is 13.2. The molecule has 0 unspecified atom stereocenters. The molecule has 0 spiro atoms. The van der Waals surface area contributed by atoms with Gasteiger partial charge >= 0.3 is 0 Å². The minimum absolute atomic E-state index is 0.291. The first kappa shape index (κ1) is 14.8. The highest BCUT2D eigenvalue weighted by Crippen LogP contribution is 2.35. The lowest BCUT2D eigenvalue weighted by Crippen LogP contribution is -2.18. The van der Waals surface area contributed by atoms with Gasteiger partial charge in [0, 0.05) is 18.5 Å². The molecule has 0 saturated heterocycles. The van der Waals surface area contributed by atoms with E-state index in [0.29, 0.717) is 31.0 Å². The Kier molecular flexibility index (Phi) is 4.29. The Morgan fingerprint density at radius 1 is 1.23 bits per heavy atom. The lowest BCUT2D eigenvalue weighted by atomic mass is 10.1. The van der Waals surface area contributed by atoms with Gasteiger partial charge in [0.05, 0.1) is 6.54 Å². The molecule has 1 aromatic carbocycles. The third-order valence-corrected chi connectivity index (χ3v) is 3.42. The highest BCUT2D eigenvalue weighted by atomic mass is 16.7. The van der Waals surface area contributed by atoms with Crippen LogP contribution >= 0.6 is 0 Å². The summed E-state index contributed by atoms with van der Waals surface area (Å²) in [4.78, 5) is 6.56. The van der Waals surface area contributed by atoms with E-state index in [9.17, 15) is 0 Å². The number of para-hydroxylation sites is 1. The number of ether oxygens (including phenoxy) is 2. The minimum Gasteiger partial charge on any atom is -0.454 e. The smallest absolute Gasteiger partial charge is 0.231 e. The maximum atomic E-state index is 5.53. The zero-order chi connectivity index (χ0) is 15.5. The number of nitrogens with zero attached hydrogens (tertiary/aromatic N) is 3. The molecule has 22 heavy (non-hydrogen) atoms. The van der Waals surface area contributed by atoms with E-state index in [1.54, 1.807) is 0 Å². The fraction of sp³-hybridized carbons (Fsp3) is 0.500. The van der Waals surface area contributed by atoms with Gasteiger partial charge in [0.1, 0.15) is 0 Å². The average Bonchev–Trinajstić information content (AvgIpc) is 3.07. The second-order valence-corrected chi connectivity index (χ2v) is 6.03. The normalized spacial score (nSPS) is 13.3. The van der Waals surface area contributed by atoms with Crippen LogP contribution < -0.4 is 9.47 Å². The van der Waals surface area contributed by atoms with Crippen molar-refractivity contribution in [2.75, 3.05) is 13.8 Å². The summed E-state index contributed by atoms with van der Waals surface area (Å²) in [6, 6.07) is 5.94. The van der Waals surface area contributed by atoms with Gasteiger partial charge in [-0.2, -0.15) is 4.98 Å². The first-order valence-electron chi connectivity index (χ1n) is 7.49. The van der Waals surface area contributed by atoms with E-state index in [1.807, 2.05) is 25.2 Å². The van der Waals surface area contributed by atoms with Gasteiger partial charge in [-0.3, -0.25) is 4.90 Å². The van der Waals surface area contributed by atoms with Crippen molar-refractivity contribution < 1.29 is 14.0 Å². The van der Waals surface area contributed by atoms with E-state index in [2.05, 4.69) is 28.9 Å². The summed E-state index contributed by atoms with van der Waals surface area (Å²) in [5.74, 6) is 3.57. The summed E-state index contributed by atoms with van der Waals surface area (Å²) < 4.78 is 16.2. The molecule has 1 aromatic heterocycles. The molecule has 0 atom stereocenters. The Morgan fingerprint density at radius 2 is 2.09 bits per heavy atom. The van der Waals surface area contributed by atoms with Crippen molar-refractivity contribution >= 4 is 0 Å². The fourth-order valence-electron chi connectivity index (χ4n) is 2.49. The largest absolute Gasteiger partial charge is 0.454 e. The second kappa shape index (κ2) is 6.36. The predicted octanol–water partition coefficient (Wildman–Crippen LogP) is 2.63. The Bertz CT molecular complexity index is 639. The minimum atomic E-state index is 0.291. The topological polar surface area (TPSA) is 60.6 Å². The molecule has 0 fully saturated rings. The monoisotopic (exact) mass is 303 g/mol. The molecule has 1 aliphatic rings. The molecule has 0 bridgehead atoms. The van der Waals surface area contributed by atoms with Crippen LogP contribution in [0, 0.1) is 5.92 Å². The predicted molar refractivity (Wildman–Crippen MR) is 80.6 cm³/mol. The SMILES string of the molecule is CC(C)Cc1nc(CN(C)Cc2cccc3c2OCO3)no1. The highest BCUT2D eigenvalue weighted by Gasteiger charge is 2.18. The Hall–Kier alpha value is -2.08. The standard InChI is InChI=1S/C16H21N3O3/c1-11(2)7-15-17-14(18-22-15)9-19(3)8-12-5-4-6-13-16(12)21-10-20-13/h4-6,11H,7-10H2,1-3H3.